The molecule has 1 fully saturated rings. The summed E-state index contributed by atoms with van der Waals surface area (Å²) in [5.74, 6) is 1.90. The standard InChI is InChI=1S/C20H18ClNO4S2/c1-22-19(23)18(28-20(22)27)11-13-10-14(21)6-7-17(13)26-9-8-25-16-5-3-4-15(12-16)24-2/h3-7,10-12H,8-9H2,1-2H3. The first-order valence-corrected chi connectivity index (χ1v) is 9.99. The van der Waals surface area contributed by atoms with E-state index in [0.717, 1.165) is 5.75 Å². The number of rotatable bonds is 7. The third-order valence-corrected chi connectivity index (χ3v) is 5.62. The molecule has 0 radical (unpaired) electrons. The van der Waals surface area contributed by atoms with Crippen LogP contribution in [0, 0.1) is 0 Å². The topological polar surface area (TPSA) is 48.0 Å². The molecule has 0 aromatic heterocycles. The van der Waals surface area contributed by atoms with E-state index >= 15 is 0 Å². The van der Waals surface area contributed by atoms with Crippen LogP contribution in [0.5, 0.6) is 17.2 Å². The molecule has 1 saturated heterocycles. The van der Waals surface area contributed by atoms with Crippen molar-refractivity contribution in [2.45, 2.75) is 0 Å². The van der Waals surface area contributed by atoms with Crippen molar-refractivity contribution < 1.29 is 19.0 Å². The summed E-state index contributed by atoms with van der Waals surface area (Å²) in [4.78, 5) is 14.2. The summed E-state index contributed by atoms with van der Waals surface area (Å²) < 4.78 is 17.2. The fraction of sp³-hybridized carbons (Fsp3) is 0.200. The number of methoxy groups -OCH3 is 1. The van der Waals surface area contributed by atoms with Crippen LogP contribution in [-0.4, -0.2) is 42.5 Å². The third kappa shape index (κ3) is 4.98. The second kappa shape index (κ2) is 9.32. The zero-order valence-electron chi connectivity index (χ0n) is 15.3. The van der Waals surface area contributed by atoms with Gasteiger partial charge < -0.3 is 14.2 Å². The van der Waals surface area contributed by atoms with Crippen molar-refractivity contribution in [3.05, 3.63) is 58.0 Å². The summed E-state index contributed by atoms with van der Waals surface area (Å²) in [6, 6.07) is 12.6. The first kappa shape index (κ1) is 20.5. The molecule has 0 saturated carbocycles. The maximum atomic E-state index is 12.2. The second-order valence-corrected chi connectivity index (χ2v) is 7.91. The minimum absolute atomic E-state index is 0.137. The van der Waals surface area contributed by atoms with Gasteiger partial charge in [-0.1, -0.05) is 41.6 Å². The lowest BCUT2D eigenvalue weighted by molar-refractivity contribution is -0.121. The monoisotopic (exact) mass is 435 g/mol. The van der Waals surface area contributed by atoms with Gasteiger partial charge in [-0.2, -0.15) is 0 Å². The van der Waals surface area contributed by atoms with E-state index in [1.165, 1.54) is 16.7 Å². The second-order valence-electron chi connectivity index (χ2n) is 5.80. The molecule has 0 spiro atoms. The minimum atomic E-state index is -0.137. The highest BCUT2D eigenvalue weighted by Crippen LogP contribution is 2.34. The molecule has 0 N–H and O–H groups in total. The van der Waals surface area contributed by atoms with Crippen LogP contribution in [0.3, 0.4) is 0 Å². The average Bonchev–Trinajstić information content (AvgIpc) is 2.93. The van der Waals surface area contributed by atoms with Gasteiger partial charge in [-0.15, -0.1) is 0 Å². The summed E-state index contributed by atoms with van der Waals surface area (Å²) >= 11 is 12.5. The molecule has 2 aromatic carbocycles. The van der Waals surface area contributed by atoms with E-state index in [0.29, 0.717) is 44.5 Å². The number of hydrogen-bond donors (Lipinski definition) is 0. The normalized spacial score (nSPS) is 15.2. The molecular formula is C20H18ClNO4S2. The van der Waals surface area contributed by atoms with E-state index in [-0.39, 0.29) is 5.91 Å². The highest BCUT2D eigenvalue weighted by atomic mass is 35.5. The first-order valence-electron chi connectivity index (χ1n) is 8.38. The largest absolute Gasteiger partial charge is 0.497 e. The molecule has 3 rings (SSSR count). The van der Waals surface area contributed by atoms with E-state index in [4.69, 9.17) is 38.0 Å². The van der Waals surface area contributed by atoms with Gasteiger partial charge in [0.2, 0.25) is 0 Å². The molecule has 1 heterocycles. The average molecular weight is 436 g/mol. The van der Waals surface area contributed by atoms with Gasteiger partial charge >= 0.3 is 0 Å². The van der Waals surface area contributed by atoms with Crippen LogP contribution in [0.4, 0.5) is 0 Å². The van der Waals surface area contributed by atoms with E-state index in [9.17, 15) is 4.79 Å². The smallest absolute Gasteiger partial charge is 0.265 e. The number of carbonyl (C=O) groups excluding carboxylic acids is 1. The van der Waals surface area contributed by atoms with Crippen molar-refractivity contribution >= 4 is 51.9 Å². The highest BCUT2D eigenvalue weighted by Gasteiger charge is 2.29. The molecule has 0 aliphatic carbocycles. The molecular weight excluding hydrogens is 418 g/mol. The molecule has 5 nitrogen and oxygen atoms in total. The van der Waals surface area contributed by atoms with Crippen molar-refractivity contribution in [1.82, 2.24) is 4.90 Å². The van der Waals surface area contributed by atoms with Crippen LogP contribution in [0.15, 0.2) is 47.4 Å². The third-order valence-electron chi connectivity index (χ3n) is 3.90. The van der Waals surface area contributed by atoms with Gasteiger partial charge in [-0.05, 0) is 36.4 Å². The predicted molar refractivity (Wildman–Crippen MR) is 116 cm³/mol. The number of thiocarbonyl (C=S) groups is 1. The summed E-state index contributed by atoms with van der Waals surface area (Å²) in [5, 5.41) is 0.554. The lowest BCUT2D eigenvalue weighted by atomic mass is 10.2. The summed E-state index contributed by atoms with van der Waals surface area (Å²) in [6.45, 7) is 0.681. The molecule has 146 valence electrons. The molecule has 8 heteroatoms. The van der Waals surface area contributed by atoms with Crippen molar-refractivity contribution in [1.29, 1.82) is 0 Å². The Labute approximate surface area is 178 Å². The Morgan fingerprint density at radius 2 is 1.89 bits per heavy atom. The molecule has 1 amide bonds. The van der Waals surface area contributed by atoms with Crippen LogP contribution in [0.25, 0.3) is 6.08 Å². The van der Waals surface area contributed by atoms with Gasteiger partial charge in [0.05, 0.1) is 12.0 Å². The van der Waals surface area contributed by atoms with Crippen LogP contribution < -0.4 is 14.2 Å². The Bertz CT molecular complexity index is 932. The van der Waals surface area contributed by atoms with Crippen molar-refractivity contribution in [3.63, 3.8) is 0 Å². The molecule has 28 heavy (non-hydrogen) atoms. The Balaban J connectivity index is 1.66. The lowest BCUT2D eigenvalue weighted by Gasteiger charge is -2.12. The molecule has 1 aliphatic heterocycles. The number of nitrogens with zero attached hydrogens (tertiary/aromatic N) is 1. The minimum Gasteiger partial charge on any atom is -0.497 e. The van der Waals surface area contributed by atoms with Crippen molar-refractivity contribution in [2.24, 2.45) is 0 Å². The number of ether oxygens (including phenoxy) is 3. The zero-order chi connectivity index (χ0) is 20.1. The highest BCUT2D eigenvalue weighted by molar-refractivity contribution is 8.26. The fourth-order valence-electron chi connectivity index (χ4n) is 2.45. The number of hydrogen-bond acceptors (Lipinski definition) is 6. The van der Waals surface area contributed by atoms with Crippen LogP contribution in [0.1, 0.15) is 5.56 Å². The van der Waals surface area contributed by atoms with Gasteiger partial charge in [0.25, 0.3) is 5.91 Å². The molecule has 2 aromatic rings. The number of amides is 1. The Hall–Kier alpha value is -2.22. The van der Waals surface area contributed by atoms with Crippen LogP contribution in [-0.2, 0) is 4.79 Å². The van der Waals surface area contributed by atoms with Crippen LogP contribution >= 0.6 is 35.6 Å². The van der Waals surface area contributed by atoms with Gasteiger partial charge in [0, 0.05) is 23.7 Å². The number of likely N-dealkylation sites (N-methyl/N-ethyl adjacent to an activating group) is 1. The van der Waals surface area contributed by atoms with Gasteiger partial charge in [-0.3, -0.25) is 9.69 Å². The van der Waals surface area contributed by atoms with Gasteiger partial charge in [0.15, 0.2) is 0 Å². The van der Waals surface area contributed by atoms with Gasteiger partial charge in [-0.25, -0.2) is 0 Å². The molecule has 0 bridgehead atoms. The summed E-state index contributed by atoms with van der Waals surface area (Å²) in [7, 11) is 3.26. The van der Waals surface area contributed by atoms with Gasteiger partial charge in [0.1, 0.15) is 34.8 Å². The molecule has 1 aliphatic rings. The lowest BCUT2D eigenvalue weighted by Crippen LogP contribution is -2.22. The molecule has 0 unspecified atom stereocenters. The Morgan fingerprint density at radius 3 is 2.61 bits per heavy atom. The number of carbonyl (C=O) groups is 1. The fourth-order valence-corrected chi connectivity index (χ4v) is 3.80. The Morgan fingerprint density at radius 1 is 1.14 bits per heavy atom. The Kier molecular flexibility index (Phi) is 6.83. The SMILES string of the molecule is COc1cccc(OCCOc2ccc(Cl)cc2C=C2SC(=S)N(C)C2=O)c1. The summed E-state index contributed by atoms with van der Waals surface area (Å²) in [5.41, 5.74) is 0.711. The van der Waals surface area contributed by atoms with Crippen LogP contribution in [0.2, 0.25) is 5.02 Å². The summed E-state index contributed by atoms with van der Waals surface area (Å²) in [6.07, 6.45) is 1.74. The first-order chi connectivity index (χ1) is 13.5. The maximum absolute atomic E-state index is 12.2. The number of benzene rings is 2. The maximum Gasteiger partial charge on any atom is 0.265 e. The zero-order valence-corrected chi connectivity index (χ0v) is 17.7. The van der Waals surface area contributed by atoms with E-state index in [1.54, 1.807) is 44.5 Å². The quantitative estimate of drug-likeness (QED) is 0.359. The van der Waals surface area contributed by atoms with E-state index in [2.05, 4.69) is 0 Å². The van der Waals surface area contributed by atoms with E-state index < -0.39 is 0 Å². The number of thioether (sulfide) groups is 1. The molecule has 0 atom stereocenters. The van der Waals surface area contributed by atoms with E-state index in [1.807, 2.05) is 18.2 Å². The van der Waals surface area contributed by atoms with Crippen molar-refractivity contribution in [3.8, 4) is 17.2 Å². The van der Waals surface area contributed by atoms with Crippen molar-refractivity contribution in [2.75, 3.05) is 27.4 Å². The number of halogens is 1. The predicted octanol–water partition coefficient (Wildman–Crippen LogP) is 4.64.